The Bertz CT molecular complexity index is 545. The summed E-state index contributed by atoms with van der Waals surface area (Å²) in [5.41, 5.74) is 1.51. The van der Waals surface area contributed by atoms with E-state index < -0.39 is 0 Å². The van der Waals surface area contributed by atoms with E-state index in [0.29, 0.717) is 0 Å². The van der Waals surface area contributed by atoms with Crippen LogP contribution in [-0.4, -0.2) is 0 Å². The van der Waals surface area contributed by atoms with E-state index in [0.717, 1.165) is 0 Å². The van der Waals surface area contributed by atoms with E-state index in [9.17, 15) is 0 Å². The fourth-order valence-corrected chi connectivity index (χ4v) is 2.96. The van der Waals surface area contributed by atoms with Crippen LogP contribution in [0.25, 0.3) is 10.8 Å². The van der Waals surface area contributed by atoms with Crippen molar-refractivity contribution in [1.29, 1.82) is 0 Å². The fourth-order valence-electron chi connectivity index (χ4n) is 2.96. The molecule has 0 saturated carbocycles. The maximum atomic E-state index is 2.29. The third-order valence-corrected chi connectivity index (χ3v) is 4.18. The van der Waals surface area contributed by atoms with E-state index >= 15 is 0 Å². The van der Waals surface area contributed by atoms with Crippen molar-refractivity contribution in [2.24, 2.45) is 0 Å². The Morgan fingerprint density at radius 1 is 0.762 bits per heavy atom. The van der Waals surface area contributed by atoms with Gasteiger partial charge in [-0.05, 0) is 48.9 Å². The van der Waals surface area contributed by atoms with E-state index in [1.54, 1.807) is 0 Å². The van der Waals surface area contributed by atoms with Crippen LogP contribution in [0.2, 0.25) is 0 Å². The Labute approximate surface area is 129 Å². The van der Waals surface area contributed by atoms with E-state index in [4.69, 9.17) is 0 Å². The molecule has 0 aliphatic rings. The molecular formula is C21H28. The normalized spacial score (nSPS) is 11.5. The third kappa shape index (κ3) is 5.38. The van der Waals surface area contributed by atoms with Gasteiger partial charge in [-0.1, -0.05) is 80.3 Å². The molecule has 0 bridgehead atoms. The van der Waals surface area contributed by atoms with Crippen LogP contribution in [0.3, 0.4) is 0 Å². The number of rotatable bonds is 9. The Hall–Kier alpha value is -1.56. The van der Waals surface area contributed by atoms with Crippen molar-refractivity contribution < 1.29 is 0 Å². The molecule has 0 amide bonds. The standard InChI is InChI=1S/C21H28/c1-2-3-4-5-6-7-8-9-10-14-19-16-13-17-20-15-11-12-18-21(19)20/h2-3,11-13,15-18H,4-10,14H2,1H3/b3-2+. The summed E-state index contributed by atoms with van der Waals surface area (Å²) in [5, 5.41) is 2.81. The third-order valence-electron chi connectivity index (χ3n) is 4.18. The smallest absolute Gasteiger partial charge is 0.0152 e. The Morgan fingerprint density at radius 3 is 2.33 bits per heavy atom. The number of unbranched alkanes of at least 4 members (excludes halogenated alkanes) is 6. The molecule has 0 nitrogen and oxygen atoms in total. The molecule has 0 spiro atoms. The van der Waals surface area contributed by atoms with Crippen LogP contribution in [0.4, 0.5) is 0 Å². The first-order valence-corrected chi connectivity index (χ1v) is 8.49. The first-order chi connectivity index (χ1) is 10.4. The highest BCUT2D eigenvalue weighted by atomic mass is 14.0. The minimum Gasteiger partial charge on any atom is -0.0917 e. The molecule has 0 radical (unpaired) electrons. The van der Waals surface area contributed by atoms with Gasteiger partial charge in [-0.2, -0.15) is 0 Å². The zero-order chi connectivity index (χ0) is 14.8. The van der Waals surface area contributed by atoms with Crippen LogP contribution in [-0.2, 0) is 6.42 Å². The van der Waals surface area contributed by atoms with Gasteiger partial charge in [-0.25, -0.2) is 0 Å². The maximum Gasteiger partial charge on any atom is -0.0152 e. The minimum atomic E-state index is 1.22. The molecule has 0 aromatic heterocycles. The van der Waals surface area contributed by atoms with Crippen LogP contribution < -0.4 is 0 Å². The Morgan fingerprint density at radius 2 is 1.48 bits per heavy atom. The van der Waals surface area contributed by atoms with Gasteiger partial charge in [0.15, 0.2) is 0 Å². The van der Waals surface area contributed by atoms with Crippen molar-refractivity contribution in [3.8, 4) is 0 Å². The second-order valence-corrected chi connectivity index (χ2v) is 5.87. The van der Waals surface area contributed by atoms with Crippen LogP contribution in [0.5, 0.6) is 0 Å². The van der Waals surface area contributed by atoms with E-state index in [1.807, 2.05) is 0 Å². The molecule has 2 aromatic carbocycles. The molecule has 2 aromatic rings. The molecule has 0 N–H and O–H groups in total. The predicted octanol–water partition coefficient (Wildman–Crippen LogP) is 6.69. The lowest BCUT2D eigenvalue weighted by Gasteiger charge is -2.06. The topological polar surface area (TPSA) is 0 Å². The monoisotopic (exact) mass is 280 g/mol. The lowest BCUT2D eigenvalue weighted by atomic mass is 9.99. The van der Waals surface area contributed by atoms with Gasteiger partial charge in [0.25, 0.3) is 0 Å². The Kier molecular flexibility index (Phi) is 7.07. The SMILES string of the molecule is C/C=C/CCCCCCCCc1cccc2ccccc12. The second-order valence-electron chi connectivity index (χ2n) is 5.87. The summed E-state index contributed by atoms with van der Waals surface area (Å²) in [4.78, 5) is 0. The van der Waals surface area contributed by atoms with Crippen LogP contribution in [0.1, 0.15) is 57.4 Å². The zero-order valence-electron chi connectivity index (χ0n) is 13.4. The largest absolute Gasteiger partial charge is 0.0917 e. The molecule has 112 valence electrons. The highest BCUT2D eigenvalue weighted by Gasteiger charge is 2.00. The van der Waals surface area contributed by atoms with Crippen molar-refractivity contribution in [2.75, 3.05) is 0 Å². The number of fused-ring (bicyclic) bond motifs is 1. The van der Waals surface area contributed by atoms with Crippen molar-refractivity contribution in [1.82, 2.24) is 0 Å². The highest BCUT2D eigenvalue weighted by Crippen LogP contribution is 2.20. The minimum absolute atomic E-state index is 1.22. The quantitative estimate of drug-likeness (QED) is 0.354. The molecule has 0 atom stereocenters. The summed E-state index contributed by atoms with van der Waals surface area (Å²) in [6.07, 6.45) is 15.1. The molecule has 0 saturated heterocycles. The average Bonchev–Trinajstić information content (AvgIpc) is 2.53. The van der Waals surface area contributed by atoms with Crippen molar-refractivity contribution >= 4 is 10.8 Å². The first-order valence-electron chi connectivity index (χ1n) is 8.49. The van der Waals surface area contributed by atoms with Gasteiger partial charge in [0.2, 0.25) is 0 Å². The fraction of sp³-hybridized carbons (Fsp3) is 0.429. The first kappa shape index (κ1) is 15.8. The zero-order valence-corrected chi connectivity index (χ0v) is 13.4. The number of benzene rings is 2. The summed E-state index contributed by atoms with van der Waals surface area (Å²) in [6.45, 7) is 2.10. The van der Waals surface area contributed by atoms with Gasteiger partial charge in [-0.3, -0.25) is 0 Å². The molecular weight excluding hydrogens is 252 g/mol. The summed E-state index contributed by atoms with van der Waals surface area (Å²) in [5.74, 6) is 0. The van der Waals surface area contributed by atoms with Gasteiger partial charge < -0.3 is 0 Å². The number of allylic oxidation sites excluding steroid dienone is 2. The van der Waals surface area contributed by atoms with Gasteiger partial charge >= 0.3 is 0 Å². The summed E-state index contributed by atoms with van der Waals surface area (Å²) >= 11 is 0. The molecule has 0 heterocycles. The molecule has 0 fully saturated rings. The van der Waals surface area contributed by atoms with Gasteiger partial charge in [0.05, 0.1) is 0 Å². The lowest BCUT2D eigenvalue weighted by molar-refractivity contribution is 0.597. The van der Waals surface area contributed by atoms with Crippen LogP contribution >= 0.6 is 0 Å². The number of hydrogen-bond donors (Lipinski definition) is 0. The lowest BCUT2D eigenvalue weighted by Crippen LogP contribution is -1.88. The maximum absolute atomic E-state index is 2.29. The molecule has 0 aliphatic heterocycles. The average molecular weight is 280 g/mol. The molecule has 0 unspecified atom stereocenters. The van der Waals surface area contributed by atoms with Crippen molar-refractivity contribution in [2.45, 2.75) is 58.3 Å². The van der Waals surface area contributed by atoms with E-state index in [-0.39, 0.29) is 0 Å². The second kappa shape index (κ2) is 9.39. The van der Waals surface area contributed by atoms with Crippen LogP contribution in [0.15, 0.2) is 54.6 Å². The van der Waals surface area contributed by atoms with Gasteiger partial charge in [-0.15, -0.1) is 0 Å². The summed E-state index contributed by atoms with van der Waals surface area (Å²) < 4.78 is 0. The summed E-state index contributed by atoms with van der Waals surface area (Å²) in [7, 11) is 0. The van der Waals surface area contributed by atoms with E-state index in [2.05, 4.69) is 61.5 Å². The summed E-state index contributed by atoms with van der Waals surface area (Å²) in [6, 6.07) is 15.4. The van der Waals surface area contributed by atoms with Crippen molar-refractivity contribution in [3.05, 3.63) is 60.2 Å². The Balaban J connectivity index is 1.66. The molecule has 2 rings (SSSR count). The number of hydrogen-bond acceptors (Lipinski definition) is 0. The predicted molar refractivity (Wildman–Crippen MR) is 94.8 cm³/mol. The molecule has 21 heavy (non-hydrogen) atoms. The molecule has 0 heteroatoms. The van der Waals surface area contributed by atoms with Gasteiger partial charge in [0, 0.05) is 0 Å². The van der Waals surface area contributed by atoms with E-state index in [1.165, 1.54) is 67.7 Å². The number of aryl methyl sites for hydroxylation is 1. The van der Waals surface area contributed by atoms with Crippen LogP contribution in [0, 0.1) is 0 Å². The molecule has 0 aliphatic carbocycles. The highest BCUT2D eigenvalue weighted by molar-refractivity contribution is 5.85. The van der Waals surface area contributed by atoms with Crippen molar-refractivity contribution in [3.63, 3.8) is 0 Å². The van der Waals surface area contributed by atoms with Gasteiger partial charge in [0.1, 0.15) is 0 Å².